The van der Waals surface area contributed by atoms with Gasteiger partial charge in [0, 0.05) is 39.8 Å². The van der Waals surface area contributed by atoms with Crippen molar-refractivity contribution in [2.75, 3.05) is 50.2 Å². The van der Waals surface area contributed by atoms with E-state index in [9.17, 15) is 4.79 Å². The van der Waals surface area contributed by atoms with Crippen LogP contribution in [0.15, 0.2) is 16.7 Å². The van der Waals surface area contributed by atoms with Crippen LogP contribution in [0.4, 0.5) is 11.8 Å². The fraction of sp³-hybridized carbons (Fsp3) is 0.550. The Bertz CT molecular complexity index is 864. The number of methoxy groups -OCH3 is 1. The summed E-state index contributed by atoms with van der Waals surface area (Å²) in [5, 5.41) is 11.1. The summed E-state index contributed by atoms with van der Waals surface area (Å²) in [4.78, 5) is 25.9. The molecule has 1 aliphatic heterocycles. The molecule has 162 valence electrons. The number of rotatable bonds is 7. The second-order valence-corrected chi connectivity index (χ2v) is 8.18. The van der Waals surface area contributed by atoms with E-state index in [0.717, 1.165) is 47.7 Å². The number of carbonyl (C=O) groups is 1. The molecule has 1 aliphatic rings. The SMILES string of the molecule is COCCNC(=O)c1cnnc(N(C)C2CCN(c3nc(C)c(Br)c(C)n3)CC2)c1. The van der Waals surface area contributed by atoms with Gasteiger partial charge in [-0.05, 0) is 48.7 Å². The molecule has 0 unspecified atom stereocenters. The number of nitrogens with one attached hydrogen (secondary N) is 1. The van der Waals surface area contributed by atoms with Crippen LogP contribution in [0.25, 0.3) is 0 Å². The Kier molecular flexibility index (Phi) is 7.54. The van der Waals surface area contributed by atoms with Crippen LogP contribution in [0.1, 0.15) is 34.6 Å². The number of halogens is 1. The number of hydrogen-bond acceptors (Lipinski definition) is 8. The molecule has 3 rings (SSSR count). The molecule has 1 saturated heterocycles. The fourth-order valence-corrected chi connectivity index (χ4v) is 3.66. The molecule has 1 N–H and O–H groups in total. The van der Waals surface area contributed by atoms with Crippen LogP contribution in [-0.4, -0.2) is 72.5 Å². The van der Waals surface area contributed by atoms with Crippen molar-refractivity contribution in [3.05, 3.63) is 33.7 Å². The average Bonchev–Trinajstić information content (AvgIpc) is 2.77. The molecular weight excluding hydrogens is 450 g/mol. The number of hydrogen-bond donors (Lipinski definition) is 1. The van der Waals surface area contributed by atoms with E-state index in [1.54, 1.807) is 13.2 Å². The molecule has 10 heteroatoms. The first kappa shape index (κ1) is 22.4. The largest absolute Gasteiger partial charge is 0.383 e. The molecule has 0 saturated carbocycles. The van der Waals surface area contributed by atoms with Gasteiger partial charge < -0.3 is 19.9 Å². The van der Waals surface area contributed by atoms with Crippen molar-refractivity contribution < 1.29 is 9.53 Å². The lowest BCUT2D eigenvalue weighted by Gasteiger charge is -2.37. The van der Waals surface area contributed by atoms with Crippen molar-refractivity contribution in [2.24, 2.45) is 0 Å². The summed E-state index contributed by atoms with van der Waals surface area (Å²) in [6.07, 6.45) is 3.37. The summed E-state index contributed by atoms with van der Waals surface area (Å²) < 4.78 is 5.93. The monoisotopic (exact) mass is 477 g/mol. The minimum absolute atomic E-state index is 0.176. The van der Waals surface area contributed by atoms with Gasteiger partial charge in [0.1, 0.15) is 0 Å². The van der Waals surface area contributed by atoms with Gasteiger partial charge >= 0.3 is 0 Å². The zero-order chi connectivity index (χ0) is 21.7. The summed E-state index contributed by atoms with van der Waals surface area (Å²) in [7, 11) is 3.60. The molecular formula is C20H28BrN7O2. The number of nitrogens with zero attached hydrogens (tertiary/aromatic N) is 6. The van der Waals surface area contributed by atoms with Crippen molar-refractivity contribution >= 4 is 33.6 Å². The van der Waals surface area contributed by atoms with E-state index in [2.05, 4.69) is 51.2 Å². The van der Waals surface area contributed by atoms with Crippen molar-refractivity contribution in [1.29, 1.82) is 0 Å². The third-order valence-corrected chi connectivity index (χ3v) is 6.47. The number of ether oxygens (including phenoxy) is 1. The maximum Gasteiger partial charge on any atom is 0.253 e. The predicted molar refractivity (Wildman–Crippen MR) is 119 cm³/mol. The smallest absolute Gasteiger partial charge is 0.253 e. The lowest BCUT2D eigenvalue weighted by atomic mass is 10.0. The van der Waals surface area contributed by atoms with Crippen LogP contribution in [0.2, 0.25) is 0 Å². The van der Waals surface area contributed by atoms with Gasteiger partial charge in [0.15, 0.2) is 5.82 Å². The van der Waals surface area contributed by atoms with E-state index in [1.807, 2.05) is 20.9 Å². The Morgan fingerprint density at radius 3 is 2.60 bits per heavy atom. The van der Waals surface area contributed by atoms with Crippen molar-refractivity contribution in [3.63, 3.8) is 0 Å². The number of amides is 1. The van der Waals surface area contributed by atoms with E-state index in [4.69, 9.17) is 4.74 Å². The minimum Gasteiger partial charge on any atom is -0.383 e. The van der Waals surface area contributed by atoms with Gasteiger partial charge in [0.05, 0.1) is 34.2 Å². The third kappa shape index (κ3) is 5.23. The summed E-state index contributed by atoms with van der Waals surface area (Å²) in [5.41, 5.74) is 2.40. The Morgan fingerprint density at radius 1 is 1.30 bits per heavy atom. The predicted octanol–water partition coefficient (Wildman–Crippen LogP) is 2.13. The molecule has 2 aromatic rings. The zero-order valence-electron chi connectivity index (χ0n) is 17.9. The van der Waals surface area contributed by atoms with Gasteiger partial charge in [-0.15, -0.1) is 5.10 Å². The molecule has 0 bridgehead atoms. The van der Waals surface area contributed by atoms with Crippen LogP contribution in [0.3, 0.4) is 0 Å². The highest BCUT2D eigenvalue weighted by Crippen LogP contribution is 2.25. The second-order valence-electron chi connectivity index (χ2n) is 7.39. The highest BCUT2D eigenvalue weighted by molar-refractivity contribution is 9.10. The van der Waals surface area contributed by atoms with Gasteiger partial charge in [0.25, 0.3) is 5.91 Å². The summed E-state index contributed by atoms with van der Waals surface area (Å²) >= 11 is 3.53. The fourth-order valence-electron chi connectivity index (χ4n) is 3.49. The maximum absolute atomic E-state index is 12.3. The average molecular weight is 478 g/mol. The summed E-state index contributed by atoms with van der Waals surface area (Å²) in [6.45, 7) is 6.62. The van der Waals surface area contributed by atoms with Crippen LogP contribution in [-0.2, 0) is 4.74 Å². The lowest BCUT2D eigenvalue weighted by molar-refractivity contribution is 0.0936. The second kappa shape index (κ2) is 10.1. The molecule has 0 spiro atoms. The topological polar surface area (TPSA) is 96.4 Å². The summed E-state index contributed by atoms with van der Waals surface area (Å²) in [5.74, 6) is 1.30. The minimum atomic E-state index is -0.176. The quantitative estimate of drug-likeness (QED) is 0.605. The van der Waals surface area contributed by atoms with E-state index >= 15 is 0 Å². The third-order valence-electron chi connectivity index (χ3n) is 5.32. The molecule has 1 amide bonds. The van der Waals surface area contributed by atoms with Crippen LogP contribution in [0.5, 0.6) is 0 Å². The van der Waals surface area contributed by atoms with Crippen LogP contribution < -0.4 is 15.1 Å². The molecule has 0 aromatic carbocycles. The zero-order valence-corrected chi connectivity index (χ0v) is 19.4. The Balaban J connectivity index is 1.62. The normalized spacial score (nSPS) is 14.6. The molecule has 0 aliphatic carbocycles. The van der Waals surface area contributed by atoms with Crippen LogP contribution in [0, 0.1) is 13.8 Å². The standard InChI is InChI=1S/C20H28BrN7O2/c1-13-18(21)14(2)25-20(24-13)28-8-5-16(6-9-28)27(3)17-11-15(12-23-26-17)19(29)22-7-10-30-4/h11-12,16H,5-10H2,1-4H3,(H,22,29). The molecule has 1 fully saturated rings. The summed E-state index contributed by atoms with van der Waals surface area (Å²) in [6, 6.07) is 2.09. The Morgan fingerprint density at radius 2 is 1.97 bits per heavy atom. The van der Waals surface area contributed by atoms with Gasteiger partial charge in [-0.2, -0.15) is 5.10 Å². The number of aryl methyl sites for hydroxylation is 2. The number of piperidine rings is 1. The Hall–Kier alpha value is -2.33. The van der Waals surface area contributed by atoms with E-state index in [0.29, 0.717) is 30.6 Å². The molecule has 0 radical (unpaired) electrons. The number of aromatic nitrogens is 4. The molecule has 0 atom stereocenters. The first-order valence-electron chi connectivity index (χ1n) is 9.99. The van der Waals surface area contributed by atoms with Gasteiger partial charge in [-0.25, -0.2) is 9.97 Å². The maximum atomic E-state index is 12.3. The Labute approximate surface area is 185 Å². The van der Waals surface area contributed by atoms with Crippen molar-refractivity contribution in [2.45, 2.75) is 32.7 Å². The van der Waals surface area contributed by atoms with Gasteiger partial charge in [-0.1, -0.05) is 0 Å². The number of anilines is 2. The highest BCUT2D eigenvalue weighted by atomic mass is 79.9. The van der Waals surface area contributed by atoms with Crippen molar-refractivity contribution in [1.82, 2.24) is 25.5 Å². The van der Waals surface area contributed by atoms with E-state index in [1.165, 1.54) is 6.20 Å². The highest BCUT2D eigenvalue weighted by Gasteiger charge is 2.26. The molecule has 2 aromatic heterocycles. The van der Waals surface area contributed by atoms with E-state index < -0.39 is 0 Å². The molecule has 9 nitrogen and oxygen atoms in total. The lowest BCUT2D eigenvalue weighted by Crippen LogP contribution is -2.44. The number of carbonyl (C=O) groups excluding carboxylic acids is 1. The van der Waals surface area contributed by atoms with Gasteiger partial charge in [-0.3, -0.25) is 4.79 Å². The van der Waals surface area contributed by atoms with Crippen molar-refractivity contribution in [3.8, 4) is 0 Å². The van der Waals surface area contributed by atoms with Gasteiger partial charge in [0.2, 0.25) is 5.95 Å². The van der Waals surface area contributed by atoms with E-state index in [-0.39, 0.29) is 5.91 Å². The molecule has 30 heavy (non-hydrogen) atoms. The first-order chi connectivity index (χ1) is 14.4. The first-order valence-corrected chi connectivity index (χ1v) is 10.8. The van der Waals surface area contributed by atoms with Crippen LogP contribution >= 0.6 is 15.9 Å². The molecule has 3 heterocycles.